The lowest BCUT2D eigenvalue weighted by Gasteiger charge is -2.25. The Hall–Kier alpha value is -1.78. The lowest BCUT2D eigenvalue weighted by atomic mass is 9.85. The highest BCUT2D eigenvalue weighted by molar-refractivity contribution is 5.77. The number of nitrogens with zero attached hydrogens (tertiary/aromatic N) is 2. The number of nitrogens with two attached hydrogens (primary N) is 1. The first-order chi connectivity index (χ1) is 10.8. The molecule has 3 rings (SSSR count). The van der Waals surface area contributed by atoms with Gasteiger partial charge < -0.3 is 15.8 Å². The van der Waals surface area contributed by atoms with Crippen molar-refractivity contribution in [3.8, 4) is 5.88 Å². The lowest BCUT2D eigenvalue weighted by Crippen LogP contribution is -2.37. The first-order valence-electron chi connectivity index (χ1n) is 8.45. The molecule has 22 heavy (non-hydrogen) atoms. The first-order valence-corrected chi connectivity index (χ1v) is 8.45. The molecule has 0 unspecified atom stereocenters. The Kier molecular flexibility index (Phi) is 5.14. The van der Waals surface area contributed by atoms with Crippen molar-refractivity contribution in [2.24, 2.45) is 16.6 Å². The third kappa shape index (κ3) is 4.36. The highest BCUT2D eigenvalue weighted by atomic mass is 16.5. The van der Waals surface area contributed by atoms with Gasteiger partial charge in [-0.05, 0) is 56.1 Å². The van der Waals surface area contributed by atoms with Crippen LogP contribution in [0.25, 0.3) is 0 Å². The molecule has 0 amide bonds. The summed E-state index contributed by atoms with van der Waals surface area (Å²) in [4.78, 5) is 8.69. The van der Waals surface area contributed by atoms with Crippen LogP contribution < -0.4 is 15.8 Å². The van der Waals surface area contributed by atoms with E-state index in [9.17, 15) is 0 Å². The van der Waals surface area contributed by atoms with Gasteiger partial charge >= 0.3 is 0 Å². The van der Waals surface area contributed by atoms with Gasteiger partial charge in [0, 0.05) is 18.8 Å². The van der Waals surface area contributed by atoms with Gasteiger partial charge in [0.25, 0.3) is 0 Å². The summed E-state index contributed by atoms with van der Waals surface area (Å²) in [5.41, 5.74) is 6.99. The number of aromatic nitrogens is 1. The summed E-state index contributed by atoms with van der Waals surface area (Å²) in [7, 11) is 0. The van der Waals surface area contributed by atoms with E-state index >= 15 is 0 Å². The van der Waals surface area contributed by atoms with Crippen molar-refractivity contribution < 1.29 is 4.74 Å². The number of pyridine rings is 1. The predicted octanol–water partition coefficient (Wildman–Crippen LogP) is 2.61. The van der Waals surface area contributed by atoms with Gasteiger partial charge in [-0.1, -0.05) is 6.42 Å². The summed E-state index contributed by atoms with van der Waals surface area (Å²) in [6.45, 7) is 1.51. The van der Waals surface area contributed by atoms with Crippen molar-refractivity contribution in [2.75, 3.05) is 6.54 Å². The molecule has 120 valence electrons. The molecule has 1 aromatic rings. The largest absolute Gasteiger partial charge is 0.474 e. The monoisotopic (exact) mass is 302 g/mol. The van der Waals surface area contributed by atoms with Gasteiger partial charge in [0.15, 0.2) is 5.96 Å². The van der Waals surface area contributed by atoms with Gasteiger partial charge in [-0.15, -0.1) is 0 Å². The van der Waals surface area contributed by atoms with Crippen LogP contribution in [0.4, 0.5) is 0 Å². The normalized spacial score (nSPS) is 19.9. The number of ether oxygens (including phenoxy) is 1. The molecule has 2 saturated carbocycles. The third-order valence-electron chi connectivity index (χ3n) is 4.62. The topological polar surface area (TPSA) is 72.5 Å². The Bertz CT molecular complexity index is 507. The fraction of sp³-hybridized carbons (Fsp3) is 0.647. The molecule has 3 N–H and O–H groups in total. The minimum Gasteiger partial charge on any atom is -0.474 e. The van der Waals surface area contributed by atoms with Crippen molar-refractivity contribution in [3.63, 3.8) is 0 Å². The van der Waals surface area contributed by atoms with Gasteiger partial charge in [0.2, 0.25) is 5.88 Å². The van der Waals surface area contributed by atoms with E-state index in [1.165, 1.54) is 32.1 Å². The van der Waals surface area contributed by atoms with E-state index in [1.807, 2.05) is 12.1 Å². The molecular weight excluding hydrogens is 276 g/mol. The van der Waals surface area contributed by atoms with E-state index < -0.39 is 0 Å². The van der Waals surface area contributed by atoms with Crippen molar-refractivity contribution in [1.29, 1.82) is 0 Å². The van der Waals surface area contributed by atoms with Gasteiger partial charge in [-0.25, -0.2) is 9.98 Å². The molecule has 5 heteroatoms. The van der Waals surface area contributed by atoms with Crippen LogP contribution in [-0.2, 0) is 6.54 Å². The fourth-order valence-electron chi connectivity index (χ4n) is 2.97. The SMILES string of the molecule is NC(=NCc1ccnc(OC2CCCC2)c1)NCC1CCC1. The van der Waals surface area contributed by atoms with Gasteiger partial charge in [0.1, 0.15) is 6.10 Å². The molecule has 1 aromatic heterocycles. The highest BCUT2D eigenvalue weighted by Gasteiger charge is 2.17. The summed E-state index contributed by atoms with van der Waals surface area (Å²) in [5, 5.41) is 3.21. The third-order valence-corrected chi connectivity index (χ3v) is 4.62. The Labute approximate surface area is 132 Å². The number of aliphatic imine (C=N–C) groups is 1. The Balaban J connectivity index is 1.48. The molecule has 2 aliphatic carbocycles. The zero-order valence-corrected chi connectivity index (χ0v) is 13.1. The van der Waals surface area contributed by atoms with Crippen molar-refractivity contribution >= 4 is 5.96 Å². The van der Waals surface area contributed by atoms with Crippen molar-refractivity contribution in [1.82, 2.24) is 10.3 Å². The summed E-state index contributed by atoms with van der Waals surface area (Å²) in [5.74, 6) is 2.02. The maximum atomic E-state index is 5.92. The molecule has 5 nitrogen and oxygen atoms in total. The number of hydrogen-bond acceptors (Lipinski definition) is 3. The van der Waals surface area contributed by atoms with Crippen LogP contribution in [0.5, 0.6) is 5.88 Å². The first kappa shape index (κ1) is 15.1. The lowest BCUT2D eigenvalue weighted by molar-refractivity contribution is 0.201. The second-order valence-electron chi connectivity index (χ2n) is 6.41. The van der Waals surface area contributed by atoms with E-state index in [0.29, 0.717) is 24.5 Å². The van der Waals surface area contributed by atoms with Crippen molar-refractivity contribution in [3.05, 3.63) is 23.9 Å². The van der Waals surface area contributed by atoms with Crippen LogP contribution in [0.15, 0.2) is 23.3 Å². The molecule has 0 radical (unpaired) electrons. The van der Waals surface area contributed by atoms with Crippen LogP contribution in [0, 0.1) is 5.92 Å². The van der Waals surface area contributed by atoms with Crippen LogP contribution in [0.2, 0.25) is 0 Å². The summed E-state index contributed by atoms with van der Waals surface area (Å²) < 4.78 is 5.92. The molecule has 2 fully saturated rings. The van der Waals surface area contributed by atoms with Crippen molar-refractivity contribution in [2.45, 2.75) is 57.6 Å². The maximum Gasteiger partial charge on any atom is 0.213 e. The van der Waals surface area contributed by atoms with Gasteiger partial charge in [-0.3, -0.25) is 0 Å². The molecule has 0 aromatic carbocycles. The number of nitrogens with one attached hydrogen (secondary N) is 1. The fourth-order valence-corrected chi connectivity index (χ4v) is 2.97. The zero-order valence-electron chi connectivity index (χ0n) is 13.1. The smallest absolute Gasteiger partial charge is 0.213 e. The van der Waals surface area contributed by atoms with E-state index in [0.717, 1.165) is 30.9 Å². The van der Waals surface area contributed by atoms with Crippen LogP contribution in [0.3, 0.4) is 0 Å². The van der Waals surface area contributed by atoms with Gasteiger partial charge in [-0.2, -0.15) is 0 Å². The summed E-state index contributed by atoms with van der Waals surface area (Å²) in [6, 6.07) is 3.94. The average molecular weight is 302 g/mol. The minimum atomic E-state index is 0.334. The molecular formula is C17H26N4O. The maximum absolute atomic E-state index is 5.92. The van der Waals surface area contributed by atoms with Crippen LogP contribution in [-0.4, -0.2) is 23.6 Å². The van der Waals surface area contributed by atoms with E-state index in [1.54, 1.807) is 6.20 Å². The Morgan fingerprint density at radius 3 is 2.82 bits per heavy atom. The highest BCUT2D eigenvalue weighted by Crippen LogP contribution is 2.25. The number of rotatable bonds is 6. The molecule has 0 aliphatic heterocycles. The molecule has 2 aliphatic rings. The number of hydrogen-bond donors (Lipinski definition) is 2. The average Bonchev–Trinajstić information content (AvgIpc) is 2.97. The molecule has 1 heterocycles. The van der Waals surface area contributed by atoms with E-state index in [4.69, 9.17) is 10.5 Å². The van der Waals surface area contributed by atoms with Gasteiger partial charge in [0.05, 0.1) is 6.54 Å². The summed E-state index contributed by atoms with van der Waals surface area (Å²) in [6.07, 6.45) is 10.9. The quantitative estimate of drug-likeness (QED) is 0.626. The van der Waals surface area contributed by atoms with E-state index in [2.05, 4.69) is 15.3 Å². The standard InChI is InChI=1S/C17H26N4O/c18-17(20-11-13-4-3-5-13)21-12-14-8-9-19-16(10-14)22-15-6-1-2-7-15/h8-10,13,15H,1-7,11-12H2,(H3,18,20,21). The predicted molar refractivity (Wildman–Crippen MR) is 87.8 cm³/mol. The Morgan fingerprint density at radius 2 is 2.09 bits per heavy atom. The molecule has 0 atom stereocenters. The number of guanidine groups is 1. The van der Waals surface area contributed by atoms with Crippen LogP contribution >= 0.6 is 0 Å². The van der Waals surface area contributed by atoms with Crippen LogP contribution in [0.1, 0.15) is 50.5 Å². The summed E-state index contributed by atoms with van der Waals surface area (Å²) >= 11 is 0. The zero-order chi connectivity index (χ0) is 15.2. The minimum absolute atomic E-state index is 0.334. The molecule has 0 spiro atoms. The molecule has 0 bridgehead atoms. The second kappa shape index (κ2) is 7.47. The Morgan fingerprint density at radius 1 is 1.27 bits per heavy atom. The second-order valence-corrected chi connectivity index (χ2v) is 6.41. The molecule has 0 saturated heterocycles. The van der Waals surface area contributed by atoms with E-state index in [-0.39, 0.29) is 0 Å².